The van der Waals surface area contributed by atoms with Gasteiger partial charge in [0, 0.05) is 35.6 Å². The number of benzene rings is 2. The fourth-order valence-electron chi connectivity index (χ4n) is 6.22. The molecule has 1 atom stereocenters. The van der Waals surface area contributed by atoms with Crippen molar-refractivity contribution in [2.45, 2.75) is 78.8 Å². The molecule has 2 aliphatic heterocycles. The Balaban J connectivity index is 1.71. The highest BCUT2D eigenvalue weighted by molar-refractivity contribution is 6.09. The summed E-state index contributed by atoms with van der Waals surface area (Å²) < 4.78 is 0.953. The number of nitrogens with one attached hydrogen (secondary N) is 1. The lowest BCUT2D eigenvalue weighted by Gasteiger charge is -2.49. The molecule has 0 aliphatic carbocycles. The standard InChI is InChI=1S/C33H44N4O/c1-25(33(2,3)4)34-32(38)30-27-18-10-11-19-29(27)35-31(26-16-8-5-9-17-26)28(30)24-37(22-14-7-15-23-37)36-20-12-6-13-21-36/h5,8-11,16-19,25H,6-7,12-15,20-24H2,1-4H3/p+1/t25-/m0/s1. The monoisotopic (exact) mass is 513 g/mol. The number of hydrogen-bond acceptors (Lipinski definition) is 3. The van der Waals surface area contributed by atoms with Crippen LogP contribution in [-0.2, 0) is 6.54 Å². The average Bonchev–Trinajstić information content (AvgIpc) is 2.93. The second-order valence-corrected chi connectivity index (χ2v) is 12.5. The van der Waals surface area contributed by atoms with Gasteiger partial charge in [0.25, 0.3) is 5.91 Å². The first-order valence-corrected chi connectivity index (χ1v) is 14.7. The number of amides is 1. The summed E-state index contributed by atoms with van der Waals surface area (Å²) in [4.78, 5) is 19.5. The Hall–Kier alpha value is -2.76. The topological polar surface area (TPSA) is 45.2 Å². The minimum absolute atomic E-state index is 0.0204. The molecule has 2 saturated heterocycles. The molecule has 2 aliphatic rings. The average molecular weight is 514 g/mol. The van der Waals surface area contributed by atoms with Crippen molar-refractivity contribution in [1.29, 1.82) is 0 Å². The van der Waals surface area contributed by atoms with Gasteiger partial charge < -0.3 is 5.32 Å². The zero-order valence-corrected chi connectivity index (χ0v) is 23.8. The van der Waals surface area contributed by atoms with E-state index in [9.17, 15) is 4.79 Å². The predicted molar refractivity (Wildman–Crippen MR) is 157 cm³/mol. The van der Waals surface area contributed by atoms with Gasteiger partial charge in [0.15, 0.2) is 0 Å². The van der Waals surface area contributed by atoms with Gasteiger partial charge in [0.05, 0.1) is 29.9 Å². The molecule has 1 N–H and O–H groups in total. The zero-order valence-electron chi connectivity index (χ0n) is 23.8. The molecule has 38 heavy (non-hydrogen) atoms. The number of para-hydroxylation sites is 1. The third-order valence-electron chi connectivity index (χ3n) is 8.95. The van der Waals surface area contributed by atoms with E-state index in [1.807, 2.05) is 18.2 Å². The molecule has 0 radical (unpaired) electrons. The number of pyridine rings is 1. The van der Waals surface area contributed by atoms with Gasteiger partial charge in [-0.2, -0.15) is 5.01 Å². The van der Waals surface area contributed by atoms with Crippen LogP contribution in [0.3, 0.4) is 0 Å². The number of rotatable bonds is 6. The van der Waals surface area contributed by atoms with Crippen LogP contribution in [0.4, 0.5) is 0 Å². The summed E-state index contributed by atoms with van der Waals surface area (Å²) in [5.41, 5.74) is 4.80. The molecule has 0 saturated carbocycles. The molecule has 202 valence electrons. The fraction of sp³-hybridized carbons (Fsp3) is 0.515. The molecule has 5 nitrogen and oxygen atoms in total. The van der Waals surface area contributed by atoms with Gasteiger partial charge in [-0.05, 0) is 50.5 Å². The SMILES string of the molecule is C[C@H](NC(=O)c1c(C[N+]2(N3CCCCC3)CCCCC2)c(-c2ccccc2)nc2ccccc12)C(C)(C)C. The number of piperidine rings is 2. The van der Waals surface area contributed by atoms with Crippen molar-refractivity contribution in [3.63, 3.8) is 0 Å². The lowest BCUT2D eigenvalue weighted by atomic mass is 9.87. The number of hydrogen-bond donors (Lipinski definition) is 1. The van der Waals surface area contributed by atoms with E-state index in [1.165, 1.54) is 38.5 Å². The maximum Gasteiger partial charge on any atom is 0.252 e. The molecule has 2 aromatic carbocycles. The Morgan fingerprint density at radius 2 is 1.55 bits per heavy atom. The van der Waals surface area contributed by atoms with Crippen molar-refractivity contribution in [2.24, 2.45) is 5.41 Å². The van der Waals surface area contributed by atoms with Crippen LogP contribution in [0.25, 0.3) is 22.2 Å². The summed E-state index contributed by atoms with van der Waals surface area (Å²) in [6, 6.07) is 18.7. The smallest absolute Gasteiger partial charge is 0.252 e. The number of quaternary nitrogens is 1. The number of fused-ring (bicyclic) bond motifs is 1. The number of carbonyl (C=O) groups is 1. The molecule has 1 aromatic heterocycles. The zero-order chi connectivity index (χ0) is 26.8. The van der Waals surface area contributed by atoms with Gasteiger partial charge in [0.2, 0.25) is 0 Å². The molecule has 3 aromatic rings. The van der Waals surface area contributed by atoms with E-state index < -0.39 is 0 Å². The third-order valence-corrected chi connectivity index (χ3v) is 8.95. The quantitative estimate of drug-likeness (QED) is 0.362. The van der Waals surface area contributed by atoms with Crippen LogP contribution < -0.4 is 5.32 Å². The lowest BCUT2D eigenvalue weighted by molar-refractivity contribution is -1.05. The molecule has 5 heteroatoms. The van der Waals surface area contributed by atoms with E-state index in [1.54, 1.807) is 0 Å². The Labute approximate surface area is 228 Å². The number of likely N-dealkylation sites (tertiary alicyclic amines) is 1. The van der Waals surface area contributed by atoms with E-state index in [-0.39, 0.29) is 17.4 Å². The van der Waals surface area contributed by atoms with E-state index in [0.29, 0.717) is 0 Å². The molecule has 3 heterocycles. The van der Waals surface area contributed by atoms with Crippen LogP contribution in [0, 0.1) is 5.41 Å². The molecule has 2 fully saturated rings. The van der Waals surface area contributed by atoms with Gasteiger partial charge in [-0.1, -0.05) is 75.7 Å². The summed E-state index contributed by atoms with van der Waals surface area (Å²) >= 11 is 0. The molecule has 0 unspecified atom stereocenters. The van der Waals surface area contributed by atoms with Crippen molar-refractivity contribution >= 4 is 16.8 Å². The highest BCUT2D eigenvalue weighted by Crippen LogP contribution is 2.36. The van der Waals surface area contributed by atoms with E-state index >= 15 is 0 Å². The normalized spacial score (nSPS) is 19.3. The Bertz CT molecular complexity index is 1250. The summed E-state index contributed by atoms with van der Waals surface area (Å²) in [7, 11) is 0. The van der Waals surface area contributed by atoms with Crippen molar-refractivity contribution in [3.05, 3.63) is 65.7 Å². The van der Waals surface area contributed by atoms with Crippen LogP contribution in [0.2, 0.25) is 0 Å². The first-order chi connectivity index (χ1) is 18.3. The molecule has 0 bridgehead atoms. The molecular formula is C33H45N4O+. The van der Waals surface area contributed by atoms with Crippen LogP contribution >= 0.6 is 0 Å². The second-order valence-electron chi connectivity index (χ2n) is 12.5. The first-order valence-electron chi connectivity index (χ1n) is 14.7. The van der Waals surface area contributed by atoms with Crippen LogP contribution in [0.5, 0.6) is 0 Å². The van der Waals surface area contributed by atoms with Gasteiger partial charge in [-0.15, -0.1) is 0 Å². The Morgan fingerprint density at radius 3 is 2.24 bits per heavy atom. The summed E-state index contributed by atoms with van der Waals surface area (Å²) in [5, 5.41) is 7.07. The number of aromatic nitrogens is 1. The first kappa shape index (κ1) is 26.8. The Kier molecular flexibility index (Phi) is 7.88. The van der Waals surface area contributed by atoms with Crippen molar-refractivity contribution in [1.82, 2.24) is 15.3 Å². The molecule has 1 amide bonds. The van der Waals surface area contributed by atoms with Crippen molar-refractivity contribution in [2.75, 3.05) is 26.2 Å². The highest BCUT2D eigenvalue weighted by atomic mass is 16.1. The van der Waals surface area contributed by atoms with Crippen molar-refractivity contribution in [3.8, 4) is 11.3 Å². The predicted octanol–water partition coefficient (Wildman–Crippen LogP) is 6.97. The van der Waals surface area contributed by atoms with Crippen molar-refractivity contribution < 1.29 is 9.39 Å². The fourth-order valence-corrected chi connectivity index (χ4v) is 6.22. The summed E-state index contributed by atoms with van der Waals surface area (Å²) in [6.45, 7) is 14.0. The summed E-state index contributed by atoms with van der Waals surface area (Å²) in [6.07, 6.45) is 7.62. The summed E-state index contributed by atoms with van der Waals surface area (Å²) in [5.74, 6) is 0.0204. The third kappa shape index (κ3) is 5.50. The van der Waals surface area contributed by atoms with Gasteiger partial charge in [0.1, 0.15) is 6.54 Å². The van der Waals surface area contributed by atoms with Crippen LogP contribution in [0.1, 0.15) is 82.1 Å². The number of nitrogens with zero attached hydrogens (tertiary/aromatic N) is 3. The van der Waals surface area contributed by atoms with E-state index in [2.05, 4.69) is 74.4 Å². The van der Waals surface area contributed by atoms with Gasteiger partial charge in [-0.25, -0.2) is 9.58 Å². The highest BCUT2D eigenvalue weighted by Gasteiger charge is 2.40. The molecule has 5 rings (SSSR count). The largest absolute Gasteiger partial charge is 0.349 e. The minimum Gasteiger partial charge on any atom is -0.349 e. The van der Waals surface area contributed by atoms with Gasteiger partial charge >= 0.3 is 0 Å². The van der Waals surface area contributed by atoms with Crippen LogP contribution in [0.15, 0.2) is 54.6 Å². The number of carbonyl (C=O) groups excluding carboxylic acids is 1. The maximum atomic E-state index is 14.3. The van der Waals surface area contributed by atoms with E-state index in [4.69, 9.17) is 4.98 Å². The minimum atomic E-state index is -0.0324. The lowest BCUT2D eigenvalue weighted by Crippen LogP contribution is -2.63. The maximum absolute atomic E-state index is 14.3. The Morgan fingerprint density at radius 1 is 0.921 bits per heavy atom. The molecular weight excluding hydrogens is 468 g/mol. The second kappa shape index (κ2) is 11.2. The molecule has 0 spiro atoms. The van der Waals surface area contributed by atoms with Gasteiger partial charge in [-0.3, -0.25) is 4.79 Å². The van der Waals surface area contributed by atoms with Crippen LogP contribution in [-0.4, -0.2) is 52.7 Å². The van der Waals surface area contributed by atoms with E-state index in [0.717, 1.165) is 70.6 Å².